The van der Waals surface area contributed by atoms with E-state index in [1.54, 1.807) is 0 Å². The number of rotatable bonds is 12. The van der Waals surface area contributed by atoms with Crippen LogP contribution in [0.15, 0.2) is 24.3 Å². The van der Waals surface area contributed by atoms with Gasteiger partial charge in [0.15, 0.2) is 0 Å². The molecule has 3 heteroatoms. The SMILES string of the molecule is CCCCC(CCC)c1ccccc1OCCCC(C)(C)C(=O)Cl. The van der Waals surface area contributed by atoms with Gasteiger partial charge >= 0.3 is 0 Å². The van der Waals surface area contributed by atoms with Gasteiger partial charge in [0, 0.05) is 5.41 Å². The van der Waals surface area contributed by atoms with Crippen LogP contribution in [-0.2, 0) is 4.79 Å². The Morgan fingerprint density at radius 3 is 2.46 bits per heavy atom. The second-order valence-electron chi connectivity index (χ2n) is 7.28. The summed E-state index contributed by atoms with van der Waals surface area (Å²) in [4.78, 5) is 11.4. The third kappa shape index (κ3) is 6.84. The van der Waals surface area contributed by atoms with E-state index in [1.165, 1.54) is 37.7 Å². The lowest BCUT2D eigenvalue weighted by Crippen LogP contribution is -2.20. The number of hydrogen-bond donors (Lipinski definition) is 0. The number of benzene rings is 1. The number of carbonyl (C=O) groups excluding carboxylic acids is 1. The van der Waals surface area contributed by atoms with E-state index in [1.807, 2.05) is 19.9 Å². The van der Waals surface area contributed by atoms with Crippen LogP contribution in [0.5, 0.6) is 5.75 Å². The predicted molar refractivity (Wildman–Crippen MR) is 103 cm³/mol. The van der Waals surface area contributed by atoms with Crippen molar-refractivity contribution in [1.29, 1.82) is 0 Å². The molecule has 0 heterocycles. The second-order valence-corrected chi connectivity index (χ2v) is 7.62. The summed E-state index contributed by atoms with van der Waals surface area (Å²) >= 11 is 5.64. The molecule has 0 aliphatic rings. The molecular formula is C21H33ClO2. The Kier molecular flexibility index (Phi) is 9.43. The molecule has 0 spiro atoms. The maximum Gasteiger partial charge on any atom is 0.227 e. The van der Waals surface area contributed by atoms with E-state index < -0.39 is 5.41 Å². The fraction of sp³-hybridized carbons (Fsp3) is 0.667. The Bertz CT molecular complexity index is 496. The van der Waals surface area contributed by atoms with Crippen molar-refractivity contribution in [2.75, 3.05) is 6.61 Å². The molecule has 0 aromatic heterocycles. The van der Waals surface area contributed by atoms with Gasteiger partial charge in [-0.1, -0.05) is 65.2 Å². The summed E-state index contributed by atoms with van der Waals surface area (Å²) in [5, 5.41) is -0.273. The lowest BCUT2D eigenvalue weighted by atomic mass is 9.89. The Morgan fingerprint density at radius 1 is 1.12 bits per heavy atom. The van der Waals surface area contributed by atoms with E-state index in [9.17, 15) is 4.79 Å². The van der Waals surface area contributed by atoms with Gasteiger partial charge in [-0.3, -0.25) is 4.79 Å². The van der Waals surface area contributed by atoms with Crippen LogP contribution in [0.3, 0.4) is 0 Å². The lowest BCUT2D eigenvalue weighted by Gasteiger charge is -2.22. The zero-order chi connectivity index (χ0) is 18.0. The number of para-hydroxylation sites is 1. The smallest absolute Gasteiger partial charge is 0.227 e. The predicted octanol–water partition coefficient (Wildman–Crippen LogP) is 6.71. The van der Waals surface area contributed by atoms with Crippen molar-refractivity contribution in [3.05, 3.63) is 29.8 Å². The van der Waals surface area contributed by atoms with E-state index >= 15 is 0 Å². The van der Waals surface area contributed by atoms with Crippen LogP contribution in [0.1, 0.15) is 84.1 Å². The van der Waals surface area contributed by atoms with E-state index in [-0.39, 0.29) is 5.24 Å². The molecule has 2 nitrogen and oxygen atoms in total. The van der Waals surface area contributed by atoms with E-state index in [0.29, 0.717) is 12.5 Å². The third-order valence-electron chi connectivity index (χ3n) is 4.64. The summed E-state index contributed by atoms with van der Waals surface area (Å²) in [6.07, 6.45) is 7.66. The van der Waals surface area contributed by atoms with Crippen molar-refractivity contribution in [3.8, 4) is 5.75 Å². The van der Waals surface area contributed by atoms with Crippen LogP contribution in [-0.4, -0.2) is 11.8 Å². The minimum atomic E-state index is -0.476. The molecule has 1 atom stereocenters. The number of hydrogen-bond acceptors (Lipinski definition) is 2. The summed E-state index contributed by atoms with van der Waals surface area (Å²) in [5.41, 5.74) is 0.858. The monoisotopic (exact) mass is 352 g/mol. The molecule has 0 amide bonds. The zero-order valence-electron chi connectivity index (χ0n) is 15.7. The number of carbonyl (C=O) groups is 1. The zero-order valence-corrected chi connectivity index (χ0v) is 16.5. The van der Waals surface area contributed by atoms with Gasteiger partial charge in [-0.25, -0.2) is 0 Å². The molecule has 24 heavy (non-hydrogen) atoms. The highest BCUT2D eigenvalue weighted by atomic mass is 35.5. The Labute approximate surface area is 152 Å². The second kappa shape index (κ2) is 10.8. The highest BCUT2D eigenvalue weighted by molar-refractivity contribution is 6.64. The Morgan fingerprint density at radius 2 is 1.83 bits per heavy atom. The van der Waals surface area contributed by atoms with Crippen molar-refractivity contribution in [2.24, 2.45) is 5.41 Å². The maximum absolute atomic E-state index is 11.4. The first-order valence-electron chi connectivity index (χ1n) is 9.34. The summed E-state index contributed by atoms with van der Waals surface area (Å²) in [6, 6.07) is 8.42. The van der Waals surface area contributed by atoms with Crippen molar-refractivity contribution in [1.82, 2.24) is 0 Å². The van der Waals surface area contributed by atoms with Gasteiger partial charge in [0.25, 0.3) is 0 Å². The van der Waals surface area contributed by atoms with Gasteiger partial charge in [-0.05, 0) is 54.8 Å². The minimum absolute atomic E-state index is 0.273. The summed E-state index contributed by atoms with van der Waals surface area (Å²) in [7, 11) is 0. The molecule has 0 aliphatic carbocycles. The molecule has 1 unspecified atom stereocenters. The van der Waals surface area contributed by atoms with Crippen LogP contribution in [0.4, 0.5) is 0 Å². The van der Waals surface area contributed by atoms with Crippen molar-refractivity contribution in [2.45, 2.75) is 78.6 Å². The topological polar surface area (TPSA) is 26.3 Å². The van der Waals surface area contributed by atoms with Gasteiger partial charge in [0.05, 0.1) is 6.61 Å². The summed E-state index contributed by atoms with van der Waals surface area (Å²) < 4.78 is 6.07. The van der Waals surface area contributed by atoms with E-state index in [0.717, 1.165) is 18.6 Å². The molecule has 0 saturated heterocycles. The average molecular weight is 353 g/mol. The Balaban J connectivity index is 2.66. The summed E-state index contributed by atoms with van der Waals surface area (Å²) in [5.74, 6) is 1.58. The quantitative estimate of drug-likeness (QED) is 0.308. The minimum Gasteiger partial charge on any atom is -0.493 e. The van der Waals surface area contributed by atoms with Gasteiger partial charge in [0.1, 0.15) is 5.75 Å². The lowest BCUT2D eigenvalue weighted by molar-refractivity contribution is -0.119. The maximum atomic E-state index is 11.4. The molecule has 1 rings (SSSR count). The molecule has 0 fully saturated rings. The van der Waals surface area contributed by atoms with Crippen LogP contribution in [0.25, 0.3) is 0 Å². The number of halogens is 1. The van der Waals surface area contributed by atoms with Crippen LogP contribution >= 0.6 is 11.6 Å². The molecule has 1 aromatic rings. The van der Waals surface area contributed by atoms with Crippen molar-refractivity contribution >= 4 is 16.8 Å². The fourth-order valence-corrected chi connectivity index (χ4v) is 3.09. The van der Waals surface area contributed by atoms with Crippen molar-refractivity contribution in [3.63, 3.8) is 0 Å². The van der Waals surface area contributed by atoms with Crippen molar-refractivity contribution < 1.29 is 9.53 Å². The highest BCUT2D eigenvalue weighted by Gasteiger charge is 2.25. The highest BCUT2D eigenvalue weighted by Crippen LogP contribution is 2.34. The molecule has 0 radical (unpaired) electrons. The first kappa shape index (κ1) is 21.0. The van der Waals surface area contributed by atoms with Gasteiger partial charge in [-0.2, -0.15) is 0 Å². The number of unbranched alkanes of at least 4 members (excludes halogenated alkanes) is 1. The first-order chi connectivity index (χ1) is 11.4. The van der Waals surface area contributed by atoms with Gasteiger partial charge in [0.2, 0.25) is 5.24 Å². The molecule has 0 bridgehead atoms. The molecule has 136 valence electrons. The molecule has 0 aliphatic heterocycles. The summed E-state index contributed by atoms with van der Waals surface area (Å²) in [6.45, 7) is 8.88. The Hall–Kier alpha value is -1.02. The third-order valence-corrected chi connectivity index (χ3v) is 5.15. The number of ether oxygens (including phenoxy) is 1. The van der Waals surface area contributed by atoms with Gasteiger partial charge in [-0.15, -0.1) is 0 Å². The molecule has 0 saturated carbocycles. The molecule has 1 aromatic carbocycles. The normalized spacial score (nSPS) is 12.9. The average Bonchev–Trinajstić information content (AvgIpc) is 2.56. The van der Waals surface area contributed by atoms with E-state index in [4.69, 9.17) is 16.3 Å². The van der Waals surface area contributed by atoms with Gasteiger partial charge < -0.3 is 4.74 Å². The van der Waals surface area contributed by atoms with E-state index in [2.05, 4.69) is 32.0 Å². The largest absolute Gasteiger partial charge is 0.493 e. The first-order valence-corrected chi connectivity index (χ1v) is 9.71. The molecule has 0 N–H and O–H groups in total. The van der Waals surface area contributed by atoms with Crippen LogP contribution in [0.2, 0.25) is 0 Å². The fourth-order valence-electron chi connectivity index (χ4n) is 3.00. The van der Waals surface area contributed by atoms with Crippen LogP contribution in [0, 0.1) is 5.41 Å². The molecular weight excluding hydrogens is 320 g/mol. The standard InChI is InChI=1S/C21H33ClO2/c1-5-7-12-17(11-6-2)18-13-8-9-14-19(18)24-16-10-15-21(3,4)20(22)23/h8-9,13-14,17H,5-7,10-12,15-16H2,1-4H3. The van der Waals surface area contributed by atoms with Crippen LogP contribution < -0.4 is 4.74 Å².